The van der Waals surface area contributed by atoms with Crippen LogP contribution in [0, 0.1) is 0 Å². The first-order valence-electron chi connectivity index (χ1n) is 26.5. The van der Waals surface area contributed by atoms with Crippen LogP contribution in [0.4, 0.5) is 0 Å². The SMILES string of the molecule is CCCCCCCC/C=C\C/C=C\CCC(=O)OC(COC(=O)CCCCCCCCC/C=C\CCCCCCCC)COC(=O)CCCCCCCCCCCCCCC. The maximum absolute atomic E-state index is 12.7. The summed E-state index contributed by atoms with van der Waals surface area (Å²) in [5.74, 6) is -0.955. The Kier molecular flexibility index (Phi) is 48.3. The molecular weight excluding hydrogens is 757 g/mol. The van der Waals surface area contributed by atoms with E-state index in [9.17, 15) is 14.4 Å². The molecule has 0 bridgehead atoms. The zero-order valence-electron chi connectivity index (χ0n) is 40.7. The fraction of sp³-hybridized carbons (Fsp3) is 0.836. The van der Waals surface area contributed by atoms with Crippen LogP contribution in [0.1, 0.15) is 278 Å². The molecule has 0 amide bonds. The Morgan fingerprint density at radius 1 is 0.328 bits per heavy atom. The molecule has 0 aliphatic heterocycles. The van der Waals surface area contributed by atoms with Gasteiger partial charge in [-0.05, 0) is 64.2 Å². The quantitative estimate of drug-likeness (QED) is 0.0262. The summed E-state index contributed by atoms with van der Waals surface area (Å²) in [5, 5.41) is 0. The van der Waals surface area contributed by atoms with Crippen LogP contribution in [0.3, 0.4) is 0 Å². The minimum absolute atomic E-state index is 0.0928. The summed E-state index contributed by atoms with van der Waals surface area (Å²) in [5.41, 5.74) is 0. The first-order chi connectivity index (χ1) is 30.0. The number of rotatable bonds is 48. The van der Waals surface area contributed by atoms with E-state index in [-0.39, 0.29) is 37.5 Å². The van der Waals surface area contributed by atoms with Crippen LogP contribution in [-0.4, -0.2) is 37.2 Å². The van der Waals surface area contributed by atoms with Crippen LogP contribution < -0.4 is 0 Å². The topological polar surface area (TPSA) is 78.9 Å². The third-order valence-electron chi connectivity index (χ3n) is 11.6. The molecule has 0 aromatic carbocycles. The minimum Gasteiger partial charge on any atom is -0.462 e. The number of hydrogen-bond donors (Lipinski definition) is 0. The Morgan fingerprint density at radius 3 is 0.984 bits per heavy atom. The first-order valence-corrected chi connectivity index (χ1v) is 26.5. The fourth-order valence-electron chi connectivity index (χ4n) is 7.61. The molecule has 0 spiro atoms. The number of unbranched alkanes of at least 4 members (excludes halogenated alkanes) is 31. The lowest BCUT2D eigenvalue weighted by Gasteiger charge is -2.18. The molecule has 6 heteroatoms. The molecule has 0 heterocycles. The number of ether oxygens (including phenoxy) is 3. The van der Waals surface area contributed by atoms with E-state index in [1.165, 1.54) is 180 Å². The normalized spacial score (nSPS) is 12.2. The molecule has 356 valence electrons. The molecule has 6 nitrogen and oxygen atoms in total. The van der Waals surface area contributed by atoms with Crippen molar-refractivity contribution in [3.8, 4) is 0 Å². The summed E-state index contributed by atoms with van der Waals surface area (Å²) in [6.45, 7) is 6.59. The van der Waals surface area contributed by atoms with Crippen LogP contribution in [0.5, 0.6) is 0 Å². The van der Waals surface area contributed by atoms with E-state index in [2.05, 4.69) is 51.2 Å². The summed E-state index contributed by atoms with van der Waals surface area (Å²) >= 11 is 0. The number of carbonyl (C=O) groups is 3. The van der Waals surface area contributed by atoms with E-state index < -0.39 is 6.10 Å². The molecule has 0 saturated heterocycles. The molecule has 0 aromatic rings. The maximum Gasteiger partial charge on any atom is 0.306 e. The lowest BCUT2D eigenvalue weighted by molar-refractivity contribution is -0.166. The van der Waals surface area contributed by atoms with Crippen LogP contribution >= 0.6 is 0 Å². The van der Waals surface area contributed by atoms with Gasteiger partial charge in [0, 0.05) is 19.3 Å². The number of allylic oxidation sites excluding steroid dienone is 6. The van der Waals surface area contributed by atoms with Gasteiger partial charge in [0.1, 0.15) is 13.2 Å². The largest absolute Gasteiger partial charge is 0.462 e. The van der Waals surface area contributed by atoms with E-state index in [0.29, 0.717) is 19.3 Å². The van der Waals surface area contributed by atoms with Gasteiger partial charge in [-0.1, -0.05) is 231 Å². The van der Waals surface area contributed by atoms with Gasteiger partial charge < -0.3 is 14.2 Å². The zero-order chi connectivity index (χ0) is 44.4. The fourth-order valence-corrected chi connectivity index (χ4v) is 7.61. The zero-order valence-corrected chi connectivity index (χ0v) is 40.7. The van der Waals surface area contributed by atoms with Gasteiger partial charge in [-0.15, -0.1) is 0 Å². The van der Waals surface area contributed by atoms with E-state index in [0.717, 1.165) is 51.4 Å². The lowest BCUT2D eigenvalue weighted by Crippen LogP contribution is -2.30. The molecule has 0 aromatic heterocycles. The van der Waals surface area contributed by atoms with Crippen LogP contribution in [0.2, 0.25) is 0 Å². The third kappa shape index (κ3) is 48.5. The summed E-state index contributed by atoms with van der Waals surface area (Å²) in [7, 11) is 0. The predicted molar refractivity (Wildman–Crippen MR) is 261 cm³/mol. The van der Waals surface area contributed by atoms with Crippen molar-refractivity contribution in [3.63, 3.8) is 0 Å². The van der Waals surface area contributed by atoms with Crippen molar-refractivity contribution in [2.45, 2.75) is 284 Å². The molecule has 0 saturated carbocycles. The highest BCUT2D eigenvalue weighted by Gasteiger charge is 2.19. The first kappa shape index (κ1) is 58.6. The summed E-state index contributed by atoms with van der Waals surface area (Å²) < 4.78 is 16.7. The molecular formula is C55H100O6. The van der Waals surface area contributed by atoms with Crippen molar-refractivity contribution in [1.29, 1.82) is 0 Å². The Hall–Kier alpha value is -2.37. The van der Waals surface area contributed by atoms with Gasteiger partial charge in [0.15, 0.2) is 6.10 Å². The van der Waals surface area contributed by atoms with Gasteiger partial charge in [0.25, 0.3) is 0 Å². The van der Waals surface area contributed by atoms with E-state index in [1.54, 1.807) is 0 Å². The molecule has 0 rings (SSSR count). The molecule has 1 unspecified atom stereocenters. The maximum atomic E-state index is 12.7. The molecule has 0 fully saturated rings. The second-order valence-electron chi connectivity index (χ2n) is 17.8. The Morgan fingerprint density at radius 2 is 0.623 bits per heavy atom. The van der Waals surface area contributed by atoms with Crippen LogP contribution in [0.15, 0.2) is 36.5 Å². The van der Waals surface area contributed by atoms with Crippen molar-refractivity contribution in [1.82, 2.24) is 0 Å². The Balaban J connectivity index is 4.39. The van der Waals surface area contributed by atoms with Crippen molar-refractivity contribution in [2.75, 3.05) is 13.2 Å². The monoisotopic (exact) mass is 857 g/mol. The molecule has 1 atom stereocenters. The molecule has 0 aliphatic rings. The van der Waals surface area contributed by atoms with Gasteiger partial charge in [-0.2, -0.15) is 0 Å². The van der Waals surface area contributed by atoms with Crippen molar-refractivity contribution in [3.05, 3.63) is 36.5 Å². The van der Waals surface area contributed by atoms with Gasteiger partial charge in [-0.25, -0.2) is 0 Å². The van der Waals surface area contributed by atoms with Gasteiger partial charge in [0.2, 0.25) is 0 Å². The number of hydrogen-bond acceptors (Lipinski definition) is 6. The molecule has 61 heavy (non-hydrogen) atoms. The highest BCUT2D eigenvalue weighted by atomic mass is 16.6. The number of esters is 3. The summed E-state index contributed by atoms with van der Waals surface area (Å²) in [4.78, 5) is 37.9. The van der Waals surface area contributed by atoms with E-state index >= 15 is 0 Å². The van der Waals surface area contributed by atoms with Gasteiger partial charge >= 0.3 is 17.9 Å². The van der Waals surface area contributed by atoms with Gasteiger partial charge in [0.05, 0.1) is 0 Å². The summed E-state index contributed by atoms with van der Waals surface area (Å²) in [6.07, 6.45) is 58.5. The van der Waals surface area contributed by atoms with Crippen molar-refractivity contribution >= 4 is 17.9 Å². The third-order valence-corrected chi connectivity index (χ3v) is 11.6. The van der Waals surface area contributed by atoms with E-state index in [4.69, 9.17) is 14.2 Å². The van der Waals surface area contributed by atoms with Crippen LogP contribution in [0.25, 0.3) is 0 Å². The second kappa shape index (κ2) is 50.3. The van der Waals surface area contributed by atoms with Crippen molar-refractivity contribution < 1.29 is 28.6 Å². The minimum atomic E-state index is -0.800. The summed E-state index contributed by atoms with van der Waals surface area (Å²) in [6, 6.07) is 0. The predicted octanol–water partition coefficient (Wildman–Crippen LogP) is 17.3. The van der Waals surface area contributed by atoms with Gasteiger partial charge in [-0.3, -0.25) is 14.4 Å². The molecule has 0 N–H and O–H groups in total. The molecule has 0 radical (unpaired) electrons. The Labute approximate surface area is 378 Å². The average molecular weight is 857 g/mol. The highest BCUT2D eigenvalue weighted by molar-refractivity contribution is 5.71. The Bertz CT molecular complexity index is 1030. The average Bonchev–Trinajstić information content (AvgIpc) is 3.26. The highest BCUT2D eigenvalue weighted by Crippen LogP contribution is 2.15. The van der Waals surface area contributed by atoms with Crippen LogP contribution in [-0.2, 0) is 28.6 Å². The molecule has 0 aliphatic carbocycles. The number of carbonyl (C=O) groups excluding carboxylic acids is 3. The standard InChI is InChI=1S/C55H100O6/c1-4-7-10-13-16-19-22-25-26-27-28-31-33-36-39-42-45-48-54(57)60-51-52(61-55(58)49-46-43-40-37-34-30-24-21-18-15-12-9-6-3)50-59-53(56)47-44-41-38-35-32-29-23-20-17-14-11-8-5-2/h25-26,30,34,40,43,52H,4-24,27-29,31-33,35-39,41-42,44-51H2,1-3H3/b26-25-,34-30-,43-40-. The van der Waals surface area contributed by atoms with E-state index in [1.807, 2.05) is 6.08 Å². The smallest absolute Gasteiger partial charge is 0.306 e. The lowest BCUT2D eigenvalue weighted by atomic mass is 10.0. The van der Waals surface area contributed by atoms with Crippen molar-refractivity contribution in [2.24, 2.45) is 0 Å². The second-order valence-corrected chi connectivity index (χ2v) is 17.8.